The summed E-state index contributed by atoms with van der Waals surface area (Å²) >= 11 is 0. The Hall–Kier alpha value is -0.410. The van der Waals surface area contributed by atoms with Gasteiger partial charge in [-0.25, -0.2) is 0 Å². The summed E-state index contributed by atoms with van der Waals surface area (Å²) in [7, 11) is 0. The number of aldehydes is 1. The van der Waals surface area contributed by atoms with Crippen LogP contribution in [0.4, 0.5) is 0 Å². The minimum Gasteiger partial charge on any atom is -0.376 e. The summed E-state index contributed by atoms with van der Waals surface area (Å²) in [6, 6.07) is 0. The molecular weight excluding hydrogens is 120 g/mol. The van der Waals surface area contributed by atoms with E-state index in [0.717, 1.165) is 6.29 Å². The molecule has 1 aliphatic rings. The lowest BCUT2D eigenvalue weighted by molar-refractivity contribution is -0.132. The van der Waals surface area contributed by atoms with Crippen molar-refractivity contribution in [3.05, 3.63) is 0 Å². The zero-order valence-electron chi connectivity index (χ0n) is 5.21. The van der Waals surface area contributed by atoms with Crippen LogP contribution < -0.4 is 0 Å². The molecule has 0 atom stereocenters. The third-order valence-corrected chi connectivity index (χ3v) is 1.20. The minimum atomic E-state index is 0.255. The van der Waals surface area contributed by atoms with Gasteiger partial charge in [0.2, 0.25) is 0 Å². The third-order valence-electron chi connectivity index (χ3n) is 1.20. The highest BCUT2D eigenvalue weighted by atomic mass is 16.6. The Labute approximate surface area is 53.9 Å². The van der Waals surface area contributed by atoms with Crippen LogP contribution in [-0.2, 0) is 14.3 Å². The van der Waals surface area contributed by atoms with Crippen LogP contribution in [0.5, 0.6) is 0 Å². The van der Waals surface area contributed by atoms with E-state index in [1.54, 1.807) is 0 Å². The van der Waals surface area contributed by atoms with E-state index in [-0.39, 0.29) is 6.10 Å². The minimum absolute atomic E-state index is 0.255. The van der Waals surface area contributed by atoms with Crippen LogP contribution in [0.3, 0.4) is 0 Å². The molecule has 1 aliphatic heterocycles. The van der Waals surface area contributed by atoms with Crippen LogP contribution in [-0.4, -0.2) is 32.2 Å². The van der Waals surface area contributed by atoms with Gasteiger partial charge in [0.25, 0.3) is 0 Å². The van der Waals surface area contributed by atoms with E-state index in [4.69, 9.17) is 9.47 Å². The molecule has 0 unspecified atom stereocenters. The van der Waals surface area contributed by atoms with Gasteiger partial charge >= 0.3 is 0 Å². The van der Waals surface area contributed by atoms with Gasteiger partial charge in [-0.15, -0.1) is 0 Å². The van der Waals surface area contributed by atoms with Crippen molar-refractivity contribution in [2.24, 2.45) is 0 Å². The van der Waals surface area contributed by atoms with Gasteiger partial charge in [-0.1, -0.05) is 0 Å². The quantitative estimate of drug-likeness (QED) is 0.396. The Balaban J connectivity index is 1.85. The van der Waals surface area contributed by atoms with Crippen molar-refractivity contribution in [3.63, 3.8) is 0 Å². The molecule has 0 saturated carbocycles. The van der Waals surface area contributed by atoms with E-state index in [1.807, 2.05) is 0 Å². The number of carbonyl (C=O) groups is 1. The van der Waals surface area contributed by atoms with Gasteiger partial charge in [-0.2, -0.15) is 0 Å². The largest absolute Gasteiger partial charge is 0.376 e. The SMILES string of the molecule is O=CCCOC1COC1. The topological polar surface area (TPSA) is 35.5 Å². The van der Waals surface area contributed by atoms with Crippen molar-refractivity contribution in [3.8, 4) is 0 Å². The molecule has 0 bridgehead atoms. The van der Waals surface area contributed by atoms with E-state index in [9.17, 15) is 4.79 Å². The molecule has 0 spiro atoms. The van der Waals surface area contributed by atoms with Gasteiger partial charge in [-0.3, -0.25) is 0 Å². The molecule has 52 valence electrons. The lowest BCUT2D eigenvalue weighted by Crippen LogP contribution is -2.36. The van der Waals surface area contributed by atoms with Gasteiger partial charge in [0.15, 0.2) is 0 Å². The predicted molar refractivity (Wildman–Crippen MR) is 31.2 cm³/mol. The van der Waals surface area contributed by atoms with Crippen LogP contribution >= 0.6 is 0 Å². The molecule has 3 heteroatoms. The maximum atomic E-state index is 9.78. The predicted octanol–water partition coefficient (Wildman–Crippen LogP) is -0.00920. The molecule has 1 heterocycles. The van der Waals surface area contributed by atoms with Crippen molar-refractivity contribution in [2.75, 3.05) is 19.8 Å². The molecule has 0 N–H and O–H groups in total. The van der Waals surface area contributed by atoms with Gasteiger partial charge in [-0.05, 0) is 0 Å². The number of ether oxygens (including phenoxy) is 2. The molecule has 1 rings (SSSR count). The number of hydrogen-bond acceptors (Lipinski definition) is 3. The summed E-state index contributed by atoms with van der Waals surface area (Å²) in [6.45, 7) is 1.93. The zero-order valence-corrected chi connectivity index (χ0v) is 5.21. The summed E-state index contributed by atoms with van der Waals surface area (Å²) in [4.78, 5) is 9.78. The van der Waals surface area contributed by atoms with Crippen molar-refractivity contribution in [1.82, 2.24) is 0 Å². The molecule has 0 aromatic carbocycles. The van der Waals surface area contributed by atoms with Crippen molar-refractivity contribution >= 4 is 6.29 Å². The highest BCUT2D eigenvalue weighted by molar-refractivity contribution is 5.49. The zero-order chi connectivity index (χ0) is 6.53. The average molecular weight is 130 g/mol. The average Bonchev–Trinajstić information content (AvgIpc) is 1.76. The maximum absolute atomic E-state index is 9.78. The Morgan fingerprint density at radius 2 is 2.44 bits per heavy atom. The first kappa shape index (κ1) is 6.71. The Morgan fingerprint density at radius 1 is 1.67 bits per heavy atom. The Bertz CT molecular complexity index is 88.3. The first-order chi connectivity index (χ1) is 4.43. The van der Waals surface area contributed by atoms with Crippen molar-refractivity contribution < 1.29 is 14.3 Å². The monoisotopic (exact) mass is 130 g/mol. The fourth-order valence-electron chi connectivity index (χ4n) is 0.593. The van der Waals surface area contributed by atoms with Crippen molar-refractivity contribution in [2.45, 2.75) is 12.5 Å². The molecule has 3 nitrogen and oxygen atoms in total. The summed E-state index contributed by atoms with van der Waals surface area (Å²) in [5, 5.41) is 0. The van der Waals surface area contributed by atoms with Crippen LogP contribution in [0.25, 0.3) is 0 Å². The maximum Gasteiger partial charge on any atom is 0.122 e. The van der Waals surface area contributed by atoms with Crippen LogP contribution in [0.2, 0.25) is 0 Å². The first-order valence-electron chi connectivity index (χ1n) is 3.06. The third kappa shape index (κ3) is 2.11. The van der Waals surface area contributed by atoms with E-state index in [1.165, 1.54) is 0 Å². The fourth-order valence-corrected chi connectivity index (χ4v) is 0.593. The molecule has 0 radical (unpaired) electrons. The first-order valence-corrected chi connectivity index (χ1v) is 3.06. The molecule has 0 aromatic rings. The van der Waals surface area contributed by atoms with Crippen LogP contribution in [0.1, 0.15) is 6.42 Å². The molecule has 1 fully saturated rings. The van der Waals surface area contributed by atoms with Gasteiger partial charge < -0.3 is 14.3 Å². The molecule has 9 heavy (non-hydrogen) atoms. The highest BCUT2D eigenvalue weighted by Crippen LogP contribution is 2.04. The fraction of sp³-hybridized carbons (Fsp3) is 0.833. The van der Waals surface area contributed by atoms with E-state index in [0.29, 0.717) is 26.2 Å². The smallest absolute Gasteiger partial charge is 0.122 e. The molecule has 1 saturated heterocycles. The lowest BCUT2D eigenvalue weighted by Gasteiger charge is -2.25. The second-order valence-corrected chi connectivity index (χ2v) is 1.99. The van der Waals surface area contributed by atoms with Crippen LogP contribution in [0.15, 0.2) is 0 Å². The standard InChI is InChI=1S/C6H10O3/c7-2-1-3-9-6-4-8-5-6/h2,6H,1,3-5H2. The summed E-state index contributed by atoms with van der Waals surface area (Å²) < 4.78 is 10.0. The van der Waals surface area contributed by atoms with E-state index < -0.39 is 0 Å². The highest BCUT2D eigenvalue weighted by Gasteiger charge is 2.17. The van der Waals surface area contributed by atoms with E-state index >= 15 is 0 Å². The molecule has 0 amide bonds. The number of rotatable bonds is 4. The van der Waals surface area contributed by atoms with Gasteiger partial charge in [0.1, 0.15) is 12.4 Å². The van der Waals surface area contributed by atoms with Gasteiger partial charge in [0.05, 0.1) is 19.8 Å². The lowest BCUT2D eigenvalue weighted by atomic mass is 10.3. The summed E-state index contributed by atoms with van der Waals surface area (Å²) in [6.07, 6.45) is 1.61. The second-order valence-electron chi connectivity index (χ2n) is 1.99. The second kappa shape index (κ2) is 3.58. The van der Waals surface area contributed by atoms with Crippen LogP contribution in [0, 0.1) is 0 Å². The number of hydrogen-bond donors (Lipinski definition) is 0. The molecule has 0 aromatic heterocycles. The number of carbonyl (C=O) groups excluding carboxylic acids is 1. The Kier molecular flexibility index (Phi) is 2.67. The van der Waals surface area contributed by atoms with Crippen molar-refractivity contribution in [1.29, 1.82) is 0 Å². The molecular formula is C6H10O3. The normalized spacial score (nSPS) is 19.1. The molecule has 0 aliphatic carbocycles. The summed E-state index contributed by atoms with van der Waals surface area (Å²) in [5.74, 6) is 0. The van der Waals surface area contributed by atoms with Gasteiger partial charge in [0, 0.05) is 6.42 Å². The Morgan fingerprint density at radius 3 is 2.89 bits per heavy atom. The summed E-state index contributed by atoms with van der Waals surface area (Å²) in [5.41, 5.74) is 0. The van der Waals surface area contributed by atoms with E-state index in [2.05, 4.69) is 0 Å².